The summed E-state index contributed by atoms with van der Waals surface area (Å²) in [7, 11) is 2.08. The molecule has 1 aromatic heterocycles. The van der Waals surface area contributed by atoms with Crippen LogP contribution in [0.25, 0.3) is 0 Å². The maximum Gasteiger partial charge on any atom is 0.191 e. The van der Waals surface area contributed by atoms with E-state index in [4.69, 9.17) is 11.6 Å². The summed E-state index contributed by atoms with van der Waals surface area (Å²) in [6.45, 7) is 0. The van der Waals surface area contributed by atoms with E-state index in [-0.39, 0.29) is 0 Å². The van der Waals surface area contributed by atoms with E-state index in [1.807, 2.05) is 18.2 Å². The fourth-order valence-electron chi connectivity index (χ4n) is 2.77. The van der Waals surface area contributed by atoms with Crippen molar-refractivity contribution in [1.29, 1.82) is 0 Å². The molecule has 3 nitrogen and oxygen atoms in total. The maximum absolute atomic E-state index is 6.01. The lowest BCUT2D eigenvalue weighted by atomic mass is 10.1. The SMILES string of the molecule is Cn1c(SCc2cccc(Cl)c2)nnc1C1CCCC1. The van der Waals surface area contributed by atoms with E-state index in [9.17, 15) is 0 Å². The first-order chi connectivity index (χ1) is 9.74. The number of nitrogens with zero attached hydrogens (tertiary/aromatic N) is 3. The zero-order chi connectivity index (χ0) is 13.9. The summed E-state index contributed by atoms with van der Waals surface area (Å²) < 4.78 is 2.16. The molecule has 1 aliphatic rings. The smallest absolute Gasteiger partial charge is 0.191 e. The number of hydrogen-bond donors (Lipinski definition) is 0. The minimum absolute atomic E-state index is 0.605. The molecule has 0 unspecified atom stereocenters. The average Bonchev–Trinajstić information content (AvgIpc) is 3.06. The van der Waals surface area contributed by atoms with Gasteiger partial charge in [0.15, 0.2) is 5.16 Å². The third-order valence-corrected chi connectivity index (χ3v) is 5.17. The van der Waals surface area contributed by atoms with Crippen LogP contribution in [0.3, 0.4) is 0 Å². The summed E-state index contributed by atoms with van der Waals surface area (Å²) in [5.41, 5.74) is 1.22. The minimum atomic E-state index is 0.605. The van der Waals surface area contributed by atoms with Crippen molar-refractivity contribution in [3.63, 3.8) is 0 Å². The van der Waals surface area contributed by atoms with Crippen molar-refractivity contribution in [1.82, 2.24) is 14.8 Å². The summed E-state index contributed by atoms with van der Waals surface area (Å²) in [4.78, 5) is 0. The van der Waals surface area contributed by atoms with Gasteiger partial charge in [-0.15, -0.1) is 10.2 Å². The molecule has 0 atom stereocenters. The number of hydrogen-bond acceptors (Lipinski definition) is 3. The van der Waals surface area contributed by atoms with Crippen LogP contribution in [0, 0.1) is 0 Å². The highest BCUT2D eigenvalue weighted by Gasteiger charge is 2.23. The van der Waals surface area contributed by atoms with Crippen LogP contribution in [-0.4, -0.2) is 14.8 Å². The normalized spacial score (nSPS) is 15.9. The van der Waals surface area contributed by atoms with Crippen molar-refractivity contribution >= 4 is 23.4 Å². The Morgan fingerprint density at radius 1 is 1.30 bits per heavy atom. The van der Waals surface area contributed by atoms with Crippen LogP contribution in [0.5, 0.6) is 0 Å². The Morgan fingerprint density at radius 2 is 2.10 bits per heavy atom. The van der Waals surface area contributed by atoms with Crippen molar-refractivity contribution in [3.8, 4) is 0 Å². The van der Waals surface area contributed by atoms with Gasteiger partial charge >= 0.3 is 0 Å². The summed E-state index contributed by atoms with van der Waals surface area (Å²) in [5, 5.41) is 10.5. The lowest BCUT2D eigenvalue weighted by Crippen LogP contribution is -2.03. The molecule has 0 saturated heterocycles. The second kappa shape index (κ2) is 6.19. The molecule has 1 aliphatic carbocycles. The Balaban J connectivity index is 1.69. The number of thioether (sulfide) groups is 1. The summed E-state index contributed by atoms with van der Waals surface area (Å²) >= 11 is 7.72. The van der Waals surface area contributed by atoms with Gasteiger partial charge in [-0.1, -0.05) is 48.3 Å². The van der Waals surface area contributed by atoms with Gasteiger partial charge in [0.2, 0.25) is 0 Å². The van der Waals surface area contributed by atoms with Crippen molar-refractivity contribution in [2.75, 3.05) is 0 Å². The lowest BCUT2D eigenvalue weighted by Gasteiger charge is -2.08. The van der Waals surface area contributed by atoms with Crippen molar-refractivity contribution in [2.45, 2.75) is 42.5 Å². The fourth-order valence-corrected chi connectivity index (χ4v) is 3.84. The molecule has 1 heterocycles. The third kappa shape index (κ3) is 3.01. The molecular formula is C15H18ClN3S. The fraction of sp³-hybridized carbons (Fsp3) is 0.467. The number of aromatic nitrogens is 3. The van der Waals surface area contributed by atoms with E-state index >= 15 is 0 Å². The molecule has 5 heteroatoms. The van der Waals surface area contributed by atoms with E-state index in [2.05, 4.69) is 27.9 Å². The van der Waals surface area contributed by atoms with Gasteiger partial charge in [-0.05, 0) is 30.5 Å². The Labute approximate surface area is 128 Å². The molecule has 0 radical (unpaired) electrons. The van der Waals surface area contributed by atoms with Crippen LogP contribution in [0.2, 0.25) is 5.02 Å². The number of rotatable bonds is 4. The highest BCUT2D eigenvalue weighted by molar-refractivity contribution is 7.98. The molecule has 2 aromatic rings. The van der Waals surface area contributed by atoms with E-state index in [0.29, 0.717) is 5.92 Å². The molecule has 0 N–H and O–H groups in total. The predicted octanol–water partition coefficient (Wildman–Crippen LogP) is 4.42. The van der Waals surface area contributed by atoms with Gasteiger partial charge in [-0.25, -0.2) is 0 Å². The van der Waals surface area contributed by atoms with Crippen LogP contribution in [0.15, 0.2) is 29.4 Å². The topological polar surface area (TPSA) is 30.7 Å². The van der Waals surface area contributed by atoms with Gasteiger partial charge in [0, 0.05) is 23.7 Å². The molecular weight excluding hydrogens is 290 g/mol. The zero-order valence-corrected chi connectivity index (χ0v) is 13.1. The molecule has 1 aromatic carbocycles. The lowest BCUT2D eigenvalue weighted by molar-refractivity contribution is 0.616. The van der Waals surface area contributed by atoms with E-state index < -0.39 is 0 Å². The van der Waals surface area contributed by atoms with Gasteiger partial charge in [0.1, 0.15) is 5.82 Å². The number of benzene rings is 1. The first-order valence-electron chi connectivity index (χ1n) is 7.00. The van der Waals surface area contributed by atoms with Gasteiger partial charge in [0.05, 0.1) is 0 Å². The molecule has 0 spiro atoms. The van der Waals surface area contributed by atoms with Crippen LogP contribution in [0.4, 0.5) is 0 Å². The summed E-state index contributed by atoms with van der Waals surface area (Å²) in [6.07, 6.45) is 5.15. The summed E-state index contributed by atoms with van der Waals surface area (Å²) in [6, 6.07) is 7.98. The van der Waals surface area contributed by atoms with Crippen molar-refractivity contribution < 1.29 is 0 Å². The average molecular weight is 308 g/mol. The van der Waals surface area contributed by atoms with Crippen molar-refractivity contribution in [2.24, 2.45) is 7.05 Å². The molecule has 1 fully saturated rings. The first kappa shape index (κ1) is 14.0. The van der Waals surface area contributed by atoms with Gasteiger partial charge < -0.3 is 4.57 Å². The molecule has 20 heavy (non-hydrogen) atoms. The Bertz CT molecular complexity index is 591. The molecule has 1 saturated carbocycles. The van der Waals surface area contributed by atoms with Gasteiger partial charge in [-0.2, -0.15) is 0 Å². The van der Waals surface area contributed by atoms with Gasteiger partial charge in [0.25, 0.3) is 0 Å². The Hall–Kier alpha value is -1.00. The molecule has 3 rings (SSSR count). The summed E-state index contributed by atoms with van der Waals surface area (Å²) in [5.74, 6) is 2.63. The molecule has 106 valence electrons. The molecule has 0 aliphatic heterocycles. The van der Waals surface area contributed by atoms with Gasteiger partial charge in [-0.3, -0.25) is 0 Å². The first-order valence-corrected chi connectivity index (χ1v) is 8.37. The Morgan fingerprint density at radius 3 is 2.85 bits per heavy atom. The second-order valence-corrected chi connectivity index (χ2v) is 6.68. The monoisotopic (exact) mass is 307 g/mol. The molecule has 0 bridgehead atoms. The highest BCUT2D eigenvalue weighted by Crippen LogP contribution is 2.34. The quantitative estimate of drug-likeness (QED) is 0.783. The van der Waals surface area contributed by atoms with Crippen LogP contribution >= 0.6 is 23.4 Å². The third-order valence-electron chi connectivity index (χ3n) is 3.85. The van der Waals surface area contributed by atoms with Crippen LogP contribution in [0.1, 0.15) is 43.0 Å². The highest BCUT2D eigenvalue weighted by atomic mass is 35.5. The van der Waals surface area contributed by atoms with Crippen LogP contribution < -0.4 is 0 Å². The minimum Gasteiger partial charge on any atom is -0.309 e. The van der Waals surface area contributed by atoms with E-state index in [0.717, 1.165) is 21.8 Å². The number of halogens is 1. The Kier molecular flexibility index (Phi) is 4.32. The standard InChI is InChI=1S/C15H18ClN3S/c1-19-14(12-6-2-3-7-12)17-18-15(19)20-10-11-5-4-8-13(16)9-11/h4-5,8-9,12H,2-3,6-7,10H2,1H3. The molecule has 0 amide bonds. The van der Waals surface area contributed by atoms with E-state index in [1.54, 1.807) is 11.8 Å². The second-order valence-electron chi connectivity index (χ2n) is 5.30. The van der Waals surface area contributed by atoms with E-state index in [1.165, 1.54) is 31.2 Å². The van der Waals surface area contributed by atoms with Crippen molar-refractivity contribution in [3.05, 3.63) is 40.7 Å². The largest absolute Gasteiger partial charge is 0.309 e. The maximum atomic E-state index is 6.01. The predicted molar refractivity (Wildman–Crippen MR) is 83.2 cm³/mol. The van der Waals surface area contributed by atoms with Crippen LogP contribution in [-0.2, 0) is 12.8 Å². The zero-order valence-electron chi connectivity index (χ0n) is 11.6.